The Bertz CT molecular complexity index is 938. The molecule has 9 heteroatoms. The fourth-order valence-corrected chi connectivity index (χ4v) is 2.98. The predicted molar refractivity (Wildman–Crippen MR) is 101 cm³/mol. The molecule has 1 aromatic heterocycles. The van der Waals surface area contributed by atoms with Crippen molar-refractivity contribution in [2.24, 2.45) is 0 Å². The molecular weight excluding hydrogens is 372 g/mol. The van der Waals surface area contributed by atoms with Gasteiger partial charge in [-0.25, -0.2) is 0 Å². The quantitative estimate of drug-likeness (QED) is 0.368. The van der Waals surface area contributed by atoms with E-state index in [9.17, 15) is 18.0 Å². The van der Waals surface area contributed by atoms with Gasteiger partial charge in [0.25, 0.3) is 10.1 Å². The highest BCUT2D eigenvalue weighted by atomic mass is 32.2. The fourth-order valence-electron chi connectivity index (χ4n) is 2.56. The number of aldehydes is 1. The Labute approximate surface area is 157 Å². The van der Waals surface area contributed by atoms with E-state index in [-0.39, 0.29) is 24.7 Å². The summed E-state index contributed by atoms with van der Waals surface area (Å²) >= 11 is 0. The maximum absolute atomic E-state index is 12.4. The summed E-state index contributed by atoms with van der Waals surface area (Å²) in [5, 5.41) is 0. The summed E-state index contributed by atoms with van der Waals surface area (Å²) in [6, 6.07) is 10.7. The van der Waals surface area contributed by atoms with Gasteiger partial charge in [0.05, 0.1) is 12.9 Å². The van der Waals surface area contributed by atoms with Crippen LogP contribution >= 0.6 is 0 Å². The molecule has 1 N–H and O–H groups in total. The molecule has 0 bridgehead atoms. The molecule has 0 aliphatic rings. The number of hydrogen-bond donors (Lipinski definition) is 1. The Balaban J connectivity index is 2.21. The highest BCUT2D eigenvalue weighted by molar-refractivity contribution is 7.85. The lowest BCUT2D eigenvalue weighted by Gasteiger charge is -2.18. The second kappa shape index (κ2) is 9.33. The van der Waals surface area contributed by atoms with Crippen molar-refractivity contribution in [1.82, 2.24) is 4.68 Å². The minimum atomic E-state index is -3.52. The van der Waals surface area contributed by atoms with Crippen LogP contribution in [0.3, 0.4) is 0 Å². The predicted octanol–water partition coefficient (Wildman–Crippen LogP) is 1.32. The number of carbonyl (C=O) groups is 1. The van der Waals surface area contributed by atoms with Crippen molar-refractivity contribution >= 4 is 16.4 Å². The third-order valence-electron chi connectivity index (χ3n) is 3.72. The molecule has 146 valence electrons. The van der Waals surface area contributed by atoms with Crippen molar-refractivity contribution in [3.8, 4) is 5.75 Å². The van der Waals surface area contributed by atoms with Gasteiger partial charge in [0.15, 0.2) is 12.0 Å². The zero-order valence-electron chi connectivity index (χ0n) is 15.2. The van der Waals surface area contributed by atoms with Crippen molar-refractivity contribution < 1.29 is 22.1 Å². The van der Waals surface area contributed by atoms with E-state index in [0.29, 0.717) is 24.8 Å². The number of pyridine rings is 1. The Kier molecular flexibility index (Phi) is 7.14. The van der Waals surface area contributed by atoms with E-state index in [4.69, 9.17) is 8.92 Å². The van der Waals surface area contributed by atoms with Crippen molar-refractivity contribution in [2.75, 3.05) is 25.3 Å². The first kappa shape index (κ1) is 20.7. The molecule has 1 aromatic carbocycles. The molecule has 0 radical (unpaired) electrons. The minimum Gasteiger partial charge on any atom is -0.483 e. The van der Waals surface area contributed by atoms with Crippen molar-refractivity contribution in [1.29, 1.82) is 0 Å². The maximum Gasteiger partial charge on any atom is 0.264 e. The normalized spacial score (nSPS) is 11.2. The molecule has 0 aliphatic carbocycles. The van der Waals surface area contributed by atoms with Crippen molar-refractivity contribution in [3.63, 3.8) is 0 Å². The van der Waals surface area contributed by atoms with Crippen LogP contribution in [-0.4, -0.2) is 39.3 Å². The first-order chi connectivity index (χ1) is 12.9. The Morgan fingerprint density at radius 1 is 1.22 bits per heavy atom. The van der Waals surface area contributed by atoms with Gasteiger partial charge in [-0.2, -0.15) is 8.42 Å². The van der Waals surface area contributed by atoms with E-state index in [1.165, 1.54) is 10.7 Å². The molecule has 0 atom stereocenters. The molecule has 0 saturated heterocycles. The standard InChI is InChI=1S/C18H22N2O6S/c1-19-20-15(9-6-10-26-27(2,23)24)11-17(22)18(16(20)12-21)25-13-14-7-4-3-5-8-14/h3-5,7-8,11-12,19H,6,9-10,13H2,1-2H3. The highest BCUT2D eigenvalue weighted by Gasteiger charge is 2.16. The monoisotopic (exact) mass is 394 g/mol. The lowest BCUT2D eigenvalue weighted by molar-refractivity contribution is 0.111. The van der Waals surface area contributed by atoms with Gasteiger partial charge in [0.1, 0.15) is 12.3 Å². The van der Waals surface area contributed by atoms with Crippen LogP contribution in [0.2, 0.25) is 0 Å². The number of nitrogens with one attached hydrogen (secondary N) is 1. The van der Waals surface area contributed by atoms with Crippen LogP contribution in [0.5, 0.6) is 5.75 Å². The average molecular weight is 394 g/mol. The molecule has 0 fully saturated rings. The Morgan fingerprint density at radius 3 is 2.52 bits per heavy atom. The highest BCUT2D eigenvalue weighted by Crippen LogP contribution is 2.16. The number of rotatable bonds is 10. The lowest BCUT2D eigenvalue weighted by atomic mass is 10.2. The summed E-state index contributed by atoms with van der Waals surface area (Å²) in [6.45, 7) is 0.140. The molecular formula is C18H22N2O6S. The van der Waals surface area contributed by atoms with Crippen LogP contribution < -0.4 is 15.6 Å². The molecule has 0 unspecified atom stereocenters. The van der Waals surface area contributed by atoms with E-state index >= 15 is 0 Å². The van der Waals surface area contributed by atoms with E-state index in [1.807, 2.05) is 30.3 Å². The van der Waals surface area contributed by atoms with Gasteiger partial charge < -0.3 is 10.2 Å². The van der Waals surface area contributed by atoms with Crippen LogP contribution in [0.1, 0.15) is 28.2 Å². The molecule has 2 rings (SSSR count). The molecule has 0 spiro atoms. The van der Waals surface area contributed by atoms with Crippen molar-refractivity contribution in [3.05, 3.63) is 63.6 Å². The molecule has 2 aromatic rings. The van der Waals surface area contributed by atoms with Gasteiger partial charge in [-0.05, 0) is 18.4 Å². The molecule has 8 nitrogen and oxygen atoms in total. The molecule has 1 heterocycles. The number of aromatic nitrogens is 1. The Hall–Kier alpha value is -2.65. The molecule has 0 amide bonds. The SMILES string of the molecule is CNn1c(CCCOS(C)(=O)=O)cc(=O)c(OCc2ccccc2)c1C=O. The summed E-state index contributed by atoms with van der Waals surface area (Å²) < 4.78 is 33.8. The van der Waals surface area contributed by atoms with Crippen molar-refractivity contribution in [2.45, 2.75) is 19.4 Å². The summed E-state index contributed by atoms with van der Waals surface area (Å²) in [5.41, 5.74) is 3.89. The largest absolute Gasteiger partial charge is 0.483 e. The zero-order valence-corrected chi connectivity index (χ0v) is 16.0. The summed E-state index contributed by atoms with van der Waals surface area (Å²) in [5.74, 6) is -0.0423. The summed E-state index contributed by atoms with van der Waals surface area (Å²) in [7, 11) is -1.91. The van der Waals surface area contributed by atoms with Gasteiger partial charge in [-0.15, -0.1) is 0 Å². The number of hydrogen-bond acceptors (Lipinski definition) is 7. The minimum absolute atomic E-state index is 0.0145. The molecule has 0 saturated carbocycles. The maximum atomic E-state index is 12.4. The van der Waals surface area contributed by atoms with Gasteiger partial charge >= 0.3 is 0 Å². The van der Waals surface area contributed by atoms with Gasteiger partial charge in [0, 0.05) is 18.8 Å². The first-order valence-electron chi connectivity index (χ1n) is 8.28. The lowest BCUT2D eigenvalue weighted by Crippen LogP contribution is -2.25. The molecule has 0 aliphatic heterocycles. The number of nitrogens with zero attached hydrogens (tertiary/aromatic N) is 1. The second-order valence-corrected chi connectivity index (χ2v) is 7.44. The third-order valence-corrected chi connectivity index (χ3v) is 4.31. The summed E-state index contributed by atoms with van der Waals surface area (Å²) in [6.07, 6.45) is 2.22. The zero-order chi connectivity index (χ0) is 19.9. The van der Waals surface area contributed by atoms with Crippen LogP contribution in [0.4, 0.5) is 0 Å². The van der Waals surface area contributed by atoms with Crippen LogP contribution in [0.15, 0.2) is 41.2 Å². The van der Waals surface area contributed by atoms with Crippen LogP contribution in [0.25, 0.3) is 0 Å². The van der Waals surface area contributed by atoms with E-state index in [0.717, 1.165) is 11.8 Å². The summed E-state index contributed by atoms with van der Waals surface area (Å²) in [4.78, 5) is 24.0. The topological polar surface area (TPSA) is 104 Å². The second-order valence-electron chi connectivity index (χ2n) is 5.80. The first-order valence-corrected chi connectivity index (χ1v) is 10.1. The van der Waals surface area contributed by atoms with E-state index in [1.54, 1.807) is 7.05 Å². The van der Waals surface area contributed by atoms with E-state index < -0.39 is 15.5 Å². The van der Waals surface area contributed by atoms with Crippen LogP contribution in [-0.2, 0) is 27.3 Å². The average Bonchev–Trinajstić information content (AvgIpc) is 2.63. The van der Waals surface area contributed by atoms with Crippen LogP contribution in [0, 0.1) is 0 Å². The van der Waals surface area contributed by atoms with Gasteiger partial charge in [0.2, 0.25) is 5.43 Å². The Morgan fingerprint density at radius 2 is 1.93 bits per heavy atom. The molecule has 27 heavy (non-hydrogen) atoms. The fraction of sp³-hybridized carbons (Fsp3) is 0.333. The number of benzene rings is 1. The third kappa shape index (κ3) is 5.93. The van der Waals surface area contributed by atoms with Gasteiger partial charge in [-0.1, -0.05) is 30.3 Å². The smallest absolute Gasteiger partial charge is 0.264 e. The number of ether oxygens (including phenoxy) is 1. The number of aryl methyl sites for hydroxylation is 1. The van der Waals surface area contributed by atoms with Gasteiger partial charge in [-0.3, -0.25) is 18.4 Å². The number of carbonyl (C=O) groups excluding carboxylic acids is 1. The van der Waals surface area contributed by atoms with E-state index in [2.05, 4.69) is 5.43 Å².